The average Bonchev–Trinajstić information content (AvgIpc) is 2.88. The summed E-state index contributed by atoms with van der Waals surface area (Å²) in [5.74, 6) is -1.17. The third kappa shape index (κ3) is 9.70. The Bertz CT molecular complexity index is 535. The second-order valence-electron chi connectivity index (χ2n) is 7.03. The molecule has 152 valence electrons. The van der Waals surface area contributed by atoms with Crippen molar-refractivity contribution < 1.29 is 25.2 Å². The summed E-state index contributed by atoms with van der Waals surface area (Å²) >= 11 is 0. The first-order valence-corrected chi connectivity index (χ1v) is 9.85. The maximum atomic E-state index is 10.5. The lowest BCUT2D eigenvalue weighted by Gasteiger charge is -2.19. The normalized spacial score (nSPS) is 27.6. The van der Waals surface area contributed by atoms with Gasteiger partial charge in [0.05, 0.1) is 18.3 Å². The molecule has 27 heavy (non-hydrogen) atoms. The lowest BCUT2D eigenvalue weighted by Crippen LogP contribution is -2.20. The van der Waals surface area contributed by atoms with Crippen LogP contribution in [0.2, 0.25) is 0 Å². The van der Waals surface area contributed by atoms with Gasteiger partial charge in [-0.25, -0.2) is 0 Å². The first-order chi connectivity index (χ1) is 13.0. The van der Waals surface area contributed by atoms with Crippen LogP contribution in [0.4, 0.5) is 0 Å². The van der Waals surface area contributed by atoms with Crippen molar-refractivity contribution in [3.05, 3.63) is 48.6 Å². The van der Waals surface area contributed by atoms with Gasteiger partial charge in [-0.1, -0.05) is 55.5 Å². The molecule has 5 atom stereocenters. The molecule has 1 rings (SSSR count). The minimum atomic E-state index is -0.832. The Kier molecular flexibility index (Phi) is 11.7. The van der Waals surface area contributed by atoms with Gasteiger partial charge in [0.1, 0.15) is 0 Å². The molecule has 0 spiro atoms. The molecule has 1 fully saturated rings. The van der Waals surface area contributed by atoms with E-state index in [2.05, 4.69) is 19.1 Å². The Balaban J connectivity index is 2.49. The molecule has 0 saturated heterocycles. The molecule has 1 aliphatic carbocycles. The van der Waals surface area contributed by atoms with Crippen LogP contribution in [-0.4, -0.2) is 44.7 Å². The van der Waals surface area contributed by atoms with Crippen LogP contribution in [0.1, 0.15) is 51.9 Å². The Morgan fingerprint density at radius 2 is 1.81 bits per heavy atom. The molecule has 0 aromatic carbocycles. The fraction of sp³-hybridized carbons (Fsp3) is 0.591. The smallest absolute Gasteiger partial charge is 0.303 e. The number of allylic oxidation sites excluding steroid dienone is 5. The zero-order chi connectivity index (χ0) is 20.1. The highest BCUT2D eigenvalue weighted by Gasteiger charge is 2.39. The second kappa shape index (κ2) is 13.5. The predicted molar refractivity (Wildman–Crippen MR) is 107 cm³/mol. The number of carboxylic acids is 1. The number of rotatable bonds is 12. The molecule has 4 N–H and O–H groups in total. The van der Waals surface area contributed by atoms with Crippen molar-refractivity contribution in [3.8, 4) is 0 Å². The number of hydrogen-bond donors (Lipinski definition) is 4. The minimum Gasteiger partial charge on any atom is -0.481 e. The van der Waals surface area contributed by atoms with Crippen LogP contribution >= 0.6 is 0 Å². The highest BCUT2D eigenvalue weighted by atomic mass is 16.4. The summed E-state index contributed by atoms with van der Waals surface area (Å²) in [6.07, 6.45) is 17.3. The number of hydrogen-bond acceptors (Lipinski definition) is 4. The fourth-order valence-electron chi connectivity index (χ4n) is 3.29. The van der Waals surface area contributed by atoms with Crippen LogP contribution in [0.15, 0.2) is 48.6 Å². The number of aliphatic hydroxyl groups is 3. The first kappa shape index (κ1) is 23.3. The van der Waals surface area contributed by atoms with Crippen molar-refractivity contribution in [1.82, 2.24) is 0 Å². The SMILES string of the molecule is CC/C=C\C/C=C\C[C@H](O)/C=C/[C@H]1[C@@H](C/C=C\CCC(=O)O)[C@@H](O)C[C@H]1O. The van der Waals surface area contributed by atoms with Crippen LogP contribution in [0, 0.1) is 11.8 Å². The third-order valence-electron chi connectivity index (χ3n) is 4.79. The van der Waals surface area contributed by atoms with E-state index in [1.165, 1.54) is 0 Å². The Morgan fingerprint density at radius 1 is 1.07 bits per heavy atom. The summed E-state index contributed by atoms with van der Waals surface area (Å²) < 4.78 is 0. The van der Waals surface area contributed by atoms with E-state index in [1.807, 2.05) is 24.3 Å². The molecular weight excluding hydrogens is 344 g/mol. The average molecular weight is 379 g/mol. The van der Waals surface area contributed by atoms with Crippen LogP contribution in [0.3, 0.4) is 0 Å². The lowest BCUT2D eigenvalue weighted by atomic mass is 9.89. The van der Waals surface area contributed by atoms with Crippen molar-refractivity contribution in [3.63, 3.8) is 0 Å². The van der Waals surface area contributed by atoms with Gasteiger partial charge in [0.25, 0.3) is 0 Å². The van der Waals surface area contributed by atoms with E-state index in [0.717, 1.165) is 12.8 Å². The standard InChI is InChI=1S/C22H34O5/c1-2-3-4-5-6-8-11-17(23)14-15-19-18(20(24)16-21(19)25)12-9-7-10-13-22(26)27/h3-4,6-9,14-15,17-21,23-25H,2,5,10-13,16H2,1H3,(H,26,27)/b4-3-,8-6-,9-7-,15-14+/t17-,18+,19-,20-,21+/m0/s1. The molecular formula is C22H34O5. The van der Waals surface area contributed by atoms with E-state index < -0.39 is 24.3 Å². The van der Waals surface area contributed by atoms with Gasteiger partial charge in [0.15, 0.2) is 0 Å². The van der Waals surface area contributed by atoms with E-state index in [0.29, 0.717) is 25.7 Å². The fourth-order valence-corrected chi connectivity index (χ4v) is 3.29. The molecule has 0 aromatic heterocycles. The van der Waals surface area contributed by atoms with Gasteiger partial charge in [0.2, 0.25) is 0 Å². The Labute approximate surface area is 162 Å². The molecule has 0 unspecified atom stereocenters. The highest BCUT2D eigenvalue weighted by Crippen LogP contribution is 2.36. The number of carboxylic acid groups (broad SMARTS) is 1. The molecule has 5 heteroatoms. The van der Waals surface area contributed by atoms with E-state index >= 15 is 0 Å². The summed E-state index contributed by atoms with van der Waals surface area (Å²) in [5.41, 5.74) is 0. The van der Waals surface area contributed by atoms with Gasteiger partial charge in [0, 0.05) is 18.8 Å². The van der Waals surface area contributed by atoms with Gasteiger partial charge in [-0.2, -0.15) is 0 Å². The summed E-state index contributed by atoms with van der Waals surface area (Å²) in [6.45, 7) is 2.09. The molecule has 0 heterocycles. The van der Waals surface area contributed by atoms with Crippen LogP contribution < -0.4 is 0 Å². The minimum absolute atomic E-state index is 0.0869. The number of aliphatic hydroxyl groups excluding tert-OH is 3. The van der Waals surface area contributed by atoms with Gasteiger partial charge >= 0.3 is 5.97 Å². The van der Waals surface area contributed by atoms with Crippen molar-refractivity contribution in [1.29, 1.82) is 0 Å². The van der Waals surface area contributed by atoms with Crippen LogP contribution in [0.5, 0.6) is 0 Å². The van der Waals surface area contributed by atoms with Gasteiger partial charge in [-0.3, -0.25) is 4.79 Å². The van der Waals surface area contributed by atoms with Crippen molar-refractivity contribution in [2.45, 2.75) is 70.2 Å². The molecule has 0 radical (unpaired) electrons. The Morgan fingerprint density at radius 3 is 2.52 bits per heavy atom. The summed E-state index contributed by atoms with van der Waals surface area (Å²) in [5, 5.41) is 39.1. The van der Waals surface area contributed by atoms with E-state index in [-0.39, 0.29) is 18.3 Å². The summed E-state index contributed by atoms with van der Waals surface area (Å²) in [6, 6.07) is 0. The van der Waals surface area contributed by atoms with E-state index in [4.69, 9.17) is 5.11 Å². The first-order valence-electron chi connectivity index (χ1n) is 9.85. The molecule has 0 aromatic rings. The Hall–Kier alpha value is -1.69. The van der Waals surface area contributed by atoms with Crippen LogP contribution in [-0.2, 0) is 4.79 Å². The third-order valence-corrected chi connectivity index (χ3v) is 4.79. The molecule has 0 aliphatic heterocycles. The molecule has 1 aliphatic rings. The zero-order valence-corrected chi connectivity index (χ0v) is 16.2. The van der Waals surface area contributed by atoms with E-state index in [1.54, 1.807) is 12.2 Å². The van der Waals surface area contributed by atoms with Gasteiger partial charge < -0.3 is 20.4 Å². The zero-order valence-electron chi connectivity index (χ0n) is 16.2. The van der Waals surface area contributed by atoms with Gasteiger partial charge in [-0.15, -0.1) is 0 Å². The van der Waals surface area contributed by atoms with Crippen molar-refractivity contribution >= 4 is 5.97 Å². The largest absolute Gasteiger partial charge is 0.481 e. The summed E-state index contributed by atoms with van der Waals surface area (Å²) in [4.78, 5) is 10.5. The molecule has 0 bridgehead atoms. The maximum absolute atomic E-state index is 10.5. The topological polar surface area (TPSA) is 98.0 Å². The molecule has 0 amide bonds. The quantitative estimate of drug-likeness (QED) is 0.390. The van der Waals surface area contributed by atoms with Crippen molar-refractivity contribution in [2.75, 3.05) is 0 Å². The number of aliphatic carboxylic acids is 1. The monoisotopic (exact) mass is 378 g/mol. The van der Waals surface area contributed by atoms with Crippen molar-refractivity contribution in [2.24, 2.45) is 11.8 Å². The van der Waals surface area contributed by atoms with Crippen LogP contribution in [0.25, 0.3) is 0 Å². The van der Waals surface area contributed by atoms with E-state index in [9.17, 15) is 20.1 Å². The molecule has 1 saturated carbocycles. The number of carbonyl (C=O) groups is 1. The second-order valence-corrected chi connectivity index (χ2v) is 7.03. The summed E-state index contributed by atoms with van der Waals surface area (Å²) in [7, 11) is 0. The molecule has 5 nitrogen and oxygen atoms in total. The van der Waals surface area contributed by atoms with Gasteiger partial charge in [-0.05, 0) is 38.0 Å². The lowest BCUT2D eigenvalue weighted by molar-refractivity contribution is -0.136. The maximum Gasteiger partial charge on any atom is 0.303 e. The predicted octanol–water partition coefficient (Wildman–Crippen LogP) is 3.38. The highest BCUT2D eigenvalue weighted by molar-refractivity contribution is 5.66.